The van der Waals surface area contributed by atoms with Crippen LogP contribution >= 0.6 is 36.2 Å². The van der Waals surface area contributed by atoms with Crippen molar-refractivity contribution >= 4 is 45.5 Å². The molecule has 0 aromatic rings. The van der Waals surface area contributed by atoms with Gasteiger partial charge in [-0.15, -0.1) is 0 Å². The Balaban J connectivity index is 2.92. The number of rotatable bonds is 0. The summed E-state index contributed by atoms with van der Waals surface area (Å²) < 4.78 is 0.845. The first-order chi connectivity index (χ1) is 4.66. The summed E-state index contributed by atoms with van der Waals surface area (Å²) in [5.74, 6) is 0. The van der Waals surface area contributed by atoms with E-state index in [0.29, 0.717) is 0 Å². The molecule has 0 spiro atoms. The van der Waals surface area contributed by atoms with Crippen LogP contribution in [0.1, 0.15) is 6.92 Å². The molecule has 1 aliphatic rings. The lowest BCUT2D eigenvalue weighted by atomic mass is 10.5. The Labute approximate surface area is 75.5 Å². The first-order valence-corrected chi connectivity index (χ1v) is 4.46. The van der Waals surface area contributed by atoms with Crippen molar-refractivity contribution in [1.29, 1.82) is 0 Å². The van der Waals surface area contributed by atoms with Gasteiger partial charge in [-0.3, -0.25) is 0 Å². The second-order valence-corrected chi connectivity index (χ2v) is 3.95. The normalized spacial score (nSPS) is 23.0. The van der Waals surface area contributed by atoms with Crippen LogP contribution in [-0.4, -0.2) is 21.3 Å². The van der Waals surface area contributed by atoms with E-state index in [1.165, 1.54) is 0 Å². The molecule has 1 heterocycles. The first kappa shape index (κ1) is 8.17. The molecule has 0 radical (unpaired) electrons. The molecule has 10 heavy (non-hydrogen) atoms. The standard InChI is InChI=1S/C6H7NS3/c1-3-4-5(8)7(2)6(9)10-4/h3H,1-2H3/b4-3-. The van der Waals surface area contributed by atoms with Crippen molar-refractivity contribution in [2.75, 3.05) is 7.05 Å². The zero-order valence-electron chi connectivity index (χ0n) is 5.75. The van der Waals surface area contributed by atoms with Gasteiger partial charge in [0.25, 0.3) is 0 Å². The monoisotopic (exact) mass is 189 g/mol. The number of allylic oxidation sites excluding steroid dienone is 1. The number of likely N-dealkylation sites (N-methyl/N-ethyl adjacent to an activating group) is 1. The summed E-state index contributed by atoms with van der Waals surface area (Å²) in [7, 11) is 1.90. The molecule has 4 heteroatoms. The van der Waals surface area contributed by atoms with Gasteiger partial charge >= 0.3 is 0 Å². The maximum atomic E-state index is 5.09. The van der Waals surface area contributed by atoms with Crippen LogP contribution in [0.15, 0.2) is 11.0 Å². The van der Waals surface area contributed by atoms with Crippen molar-refractivity contribution in [1.82, 2.24) is 4.90 Å². The van der Waals surface area contributed by atoms with Crippen LogP contribution in [0.25, 0.3) is 0 Å². The molecule has 0 aliphatic carbocycles. The second kappa shape index (κ2) is 2.98. The van der Waals surface area contributed by atoms with Gasteiger partial charge in [0.1, 0.15) is 9.31 Å². The highest BCUT2D eigenvalue weighted by Gasteiger charge is 2.23. The topological polar surface area (TPSA) is 3.24 Å². The van der Waals surface area contributed by atoms with E-state index < -0.39 is 0 Å². The molecular weight excluding hydrogens is 182 g/mol. The van der Waals surface area contributed by atoms with E-state index >= 15 is 0 Å². The zero-order valence-corrected chi connectivity index (χ0v) is 8.20. The molecule has 0 aromatic heterocycles. The van der Waals surface area contributed by atoms with Crippen molar-refractivity contribution in [2.24, 2.45) is 0 Å². The van der Waals surface area contributed by atoms with E-state index in [4.69, 9.17) is 24.4 Å². The highest BCUT2D eigenvalue weighted by molar-refractivity contribution is 8.27. The van der Waals surface area contributed by atoms with Gasteiger partial charge in [0.05, 0.1) is 0 Å². The number of nitrogens with zero attached hydrogens (tertiary/aromatic N) is 1. The van der Waals surface area contributed by atoms with Crippen molar-refractivity contribution < 1.29 is 0 Å². The van der Waals surface area contributed by atoms with Gasteiger partial charge in [0.15, 0.2) is 0 Å². The summed E-state index contributed by atoms with van der Waals surface area (Å²) in [6, 6.07) is 0. The third kappa shape index (κ3) is 1.24. The van der Waals surface area contributed by atoms with Crippen LogP contribution < -0.4 is 0 Å². The van der Waals surface area contributed by atoms with Gasteiger partial charge in [-0.1, -0.05) is 42.3 Å². The Bertz CT molecular complexity index is 219. The smallest absolute Gasteiger partial charge is 0.146 e. The van der Waals surface area contributed by atoms with Gasteiger partial charge in [-0.2, -0.15) is 0 Å². The molecule has 0 atom stereocenters. The molecule has 0 bridgehead atoms. The Kier molecular flexibility index (Phi) is 2.44. The van der Waals surface area contributed by atoms with E-state index in [9.17, 15) is 0 Å². The number of hydrogen-bond acceptors (Lipinski definition) is 3. The van der Waals surface area contributed by atoms with Gasteiger partial charge in [-0.25, -0.2) is 0 Å². The summed E-state index contributed by atoms with van der Waals surface area (Å²) in [6.45, 7) is 1.97. The second-order valence-electron chi connectivity index (χ2n) is 1.89. The zero-order chi connectivity index (χ0) is 7.72. The fourth-order valence-electron chi connectivity index (χ4n) is 0.637. The van der Waals surface area contributed by atoms with E-state index in [0.717, 1.165) is 14.2 Å². The van der Waals surface area contributed by atoms with Crippen LogP contribution in [0.5, 0.6) is 0 Å². The maximum Gasteiger partial charge on any atom is 0.146 e. The van der Waals surface area contributed by atoms with Crippen molar-refractivity contribution in [3.05, 3.63) is 11.0 Å². The van der Waals surface area contributed by atoms with Crippen LogP contribution in [0.4, 0.5) is 0 Å². The number of thiocarbonyl (C=S) groups is 2. The van der Waals surface area contributed by atoms with Gasteiger partial charge < -0.3 is 4.90 Å². The first-order valence-electron chi connectivity index (χ1n) is 2.83. The lowest BCUT2D eigenvalue weighted by Gasteiger charge is -2.06. The lowest BCUT2D eigenvalue weighted by molar-refractivity contribution is 0.810. The molecule has 1 aliphatic heterocycles. The molecule has 54 valence electrons. The maximum absolute atomic E-state index is 5.09. The fraction of sp³-hybridized carbons (Fsp3) is 0.333. The average molecular weight is 189 g/mol. The van der Waals surface area contributed by atoms with Crippen LogP contribution in [-0.2, 0) is 0 Å². The molecule has 1 fully saturated rings. The minimum Gasteiger partial charge on any atom is -0.320 e. The quantitative estimate of drug-likeness (QED) is 0.424. The molecule has 0 unspecified atom stereocenters. The predicted molar refractivity (Wildman–Crippen MR) is 54.3 cm³/mol. The predicted octanol–water partition coefficient (Wildman–Crippen LogP) is 2.18. The SMILES string of the molecule is C/C=C1\SC(=S)N(C)C1=S. The molecule has 1 rings (SSSR count). The highest BCUT2D eigenvalue weighted by atomic mass is 32.2. The summed E-state index contributed by atoms with van der Waals surface area (Å²) in [4.78, 5) is 3.80. The van der Waals surface area contributed by atoms with Crippen molar-refractivity contribution in [2.45, 2.75) is 6.92 Å². The third-order valence-electron chi connectivity index (χ3n) is 1.25. The van der Waals surface area contributed by atoms with Gasteiger partial charge in [0.2, 0.25) is 0 Å². The number of hydrogen-bond donors (Lipinski definition) is 0. The molecule has 0 amide bonds. The molecular formula is C6H7NS3. The van der Waals surface area contributed by atoms with E-state index in [1.807, 2.05) is 24.9 Å². The average Bonchev–Trinajstić information content (AvgIpc) is 2.17. The minimum absolute atomic E-state index is 0.845. The largest absolute Gasteiger partial charge is 0.320 e. The van der Waals surface area contributed by atoms with Crippen LogP contribution in [0.3, 0.4) is 0 Å². The molecule has 0 aromatic carbocycles. The van der Waals surface area contributed by atoms with Crippen molar-refractivity contribution in [3.63, 3.8) is 0 Å². The molecule has 1 nitrogen and oxygen atoms in total. The minimum atomic E-state index is 0.845. The molecule has 0 saturated carbocycles. The van der Waals surface area contributed by atoms with Gasteiger partial charge in [-0.05, 0) is 6.92 Å². The summed E-state index contributed by atoms with van der Waals surface area (Å²) >= 11 is 11.7. The molecule has 0 N–H and O–H groups in total. The van der Waals surface area contributed by atoms with E-state index in [2.05, 4.69) is 0 Å². The lowest BCUT2D eigenvalue weighted by Crippen LogP contribution is -2.20. The summed E-state index contributed by atoms with van der Waals surface area (Å²) in [5.41, 5.74) is 0. The Morgan fingerprint density at radius 1 is 1.50 bits per heavy atom. The summed E-state index contributed by atoms with van der Waals surface area (Å²) in [5, 5.41) is 0. The third-order valence-corrected chi connectivity index (χ3v) is 3.49. The fourth-order valence-corrected chi connectivity index (χ4v) is 2.21. The Morgan fingerprint density at radius 2 is 2.10 bits per heavy atom. The van der Waals surface area contributed by atoms with Crippen molar-refractivity contribution in [3.8, 4) is 0 Å². The summed E-state index contributed by atoms with van der Waals surface area (Å²) in [6.07, 6.45) is 1.99. The van der Waals surface area contributed by atoms with Gasteiger partial charge in [0, 0.05) is 12.0 Å². The highest BCUT2D eigenvalue weighted by Crippen LogP contribution is 2.30. The Hall–Kier alpha value is 0.0700. The Morgan fingerprint density at radius 3 is 2.30 bits per heavy atom. The van der Waals surface area contributed by atoms with E-state index in [-0.39, 0.29) is 0 Å². The number of thioether (sulfide) groups is 1. The van der Waals surface area contributed by atoms with Crippen LogP contribution in [0.2, 0.25) is 0 Å². The van der Waals surface area contributed by atoms with E-state index in [1.54, 1.807) is 11.8 Å². The van der Waals surface area contributed by atoms with Crippen LogP contribution in [0, 0.1) is 0 Å². The molecule has 1 saturated heterocycles.